The minimum absolute atomic E-state index is 0.164. The fourth-order valence-electron chi connectivity index (χ4n) is 1.83. The van der Waals surface area contributed by atoms with Gasteiger partial charge in [-0.05, 0) is 24.6 Å². The minimum atomic E-state index is -0.379. The summed E-state index contributed by atoms with van der Waals surface area (Å²) >= 11 is 0. The topological polar surface area (TPSA) is 70.1 Å². The zero-order valence-electron chi connectivity index (χ0n) is 10.9. The van der Waals surface area contributed by atoms with Crippen molar-refractivity contribution in [3.8, 4) is 0 Å². The van der Waals surface area contributed by atoms with Gasteiger partial charge in [0, 0.05) is 18.9 Å². The molecule has 0 aliphatic carbocycles. The van der Waals surface area contributed by atoms with Gasteiger partial charge >= 0.3 is 5.97 Å². The van der Waals surface area contributed by atoms with E-state index in [4.69, 9.17) is 10.5 Å². The number of carbonyl (C=O) groups excluding carboxylic acids is 1. The summed E-state index contributed by atoms with van der Waals surface area (Å²) in [6, 6.07) is 7.12. The fourth-order valence-corrected chi connectivity index (χ4v) is 1.83. The van der Waals surface area contributed by atoms with Crippen LogP contribution in [0.5, 0.6) is 0 Å². The molecule has 0 spiro atoms. The molecule has 2 aromatic heterocycles. The number of hydrogen-bond acceptors (Lipinski definition) is 4. The summed E-state index contributed by atoms with van der Waals surface area (Å²) in [7, 11) is 0. The number of carbonyl (C=O) groups is 1. The van der Waals surface area contributed by atoms with Crippen molar-refractivity contribution in [2.45, 2.75) is 26.5 Å². The molecule has 0 aromatic carbocycles. The van der Waals surface area contributed by atoms with E-state index in [0.29, 0.717) is 11.4 Å². The number of anilines is 1. The second-order valence-corrected chi connectivity index (χ2v) is 4.25. The van der Waals surface area contributed by atoms with Crippen LogP contribution in [0, 0.1) is 0 Å². The van der Waals surface area contributed by atoms with Crippen LogP contribution in [0.3, 0.4) is 0 Å². The van der Waals surface area contributed by atoms with E-state index in [1.54, 1.807) is 18.5 Å². The molecular formula is C14H17N3O2. The second kappa shape index (κ2) is 6.04. The zero-order chi connectivity index (χ0) is 13.7. The summed E-state index contributed by atoms with van der Waals surface area (Å²) in [6.07, 6.45) is 4.34. The number of nitrogen functional groups attached to an aromatic ring is 1. The van der Waals surface area contributed by atoms with Crippen LogP contribution in [0.2, 0.25) is 0 Å². The van der Waals surface area contributed by atoms with Crippen LogP contribution in [0.25, 0.3) is 0 Å². The third-order valence-corrected chi connectivity index (χ3v) is 2.67. The fraction of sp³-hybridized carbons (Fsp3) is 0.286. The summed E-state index contributed by atoms with van der Waals surface area (Å²) in [5, 5.41) is 0. The SMILES string of the molecule is CCCn1cc(N)cc1C(=O)OCc1ccccn1. The molecule has 0 atom stereocenters. The standard InChI is InChI=1S/C14H17N3O2/c1-2-7-17-9-11(15)8-13(17)14(18)19-10-12-5-3-4-6-16-12/h3-6,8-9H,2,7,10,15H2,1H3. The van der Waals surface area contributed by atoms with Crippen molar-refractivity contribution >= 4 is 11.7 Å². The number of aromatic nitrogens is 2. The number of nitrogens with zero attached hydrogens (tertiary/aromatic N) is 2. The maximum absolute atomic E-state index is 12.0. The number of pyridine rings is 1. The van der Waals surface area contributed by atoms with Gasteiger partial charge in [0.1, 0.15) is 12.3 Å². The predicted molar refractivity (Wildman–Crippen MR) is 72.5 cm³/mol. The second-order valence-electron chi connectivity index (χ2n) is 4.25. The average molecular weight is 259 g/mol. The van der Waals surface area contributed by atoms with Crippen LogP contribution in [0.1, 0.15) is 29.5 Å². The smallest absolute Gasteiger partial charge is 0.355 e. The Labute approximate surface area is 112 Å². The molecular weight excluding hydrogens is 242 g/mol. The summed E-state index contributed by atoms with van der Waals surface area (Å²) < 4.78 is 7.05. The van der Waals surface area contributed by atoms with Crippen LogP contribution >= 0.6 is 0 Å². The summed E-state index contributed by atoms with van der Waals surface area (Å²) in [5.41, 5.74) is 7.48. The Morgan fingerprint density at radius 2 is 2.32 bits per heavy atom. The lowest BCUT2D eigenvalue weighted by Crippen LogP contribution is -2.12. The van der Waals surface area contributed by atoms with Gasteiger partial charge in [0.25, 0.3) is 0 Å². The third-order valence-electron chi connectivity index (χ3n) is 2.67. The van der Waals surface area contributed by atoms with E-state index in [0.717, 1.165) is 18.7 Å². The molecule has 5 heteroatoms. The van der Waals surface area contributed by atoms with Gasteiger partial charge in [-0.1, -0.05) is 13.0 Å². The van der Waals surface area contributed by atoms with E-state index in [-0.39, 0.29) is 12.6 Å². The number of aryl methyl sites for hydroxylation is 1. The van der Waals surface area contributed by atoms with Crippen molar-refractivity contribution in [3.63, 3.8) is 0 Å². The van der Waals surface area contributed by atoms with Crippen molar-refractivity contribution in [3.05, 3.63) is 48.0 Å². The molecule has 2 heterocycles. The van der Waals surface area contributed by atoms with E-state index >= 15 is 0 Å². The van der Waals surface area contributed by atoms with Gasteiger partial charge in [-0.15, -0.1) is 0 Å². The summed E-state index contributed by atoms with van der Waals surface area (Å²) in [4.78, 5) is 16.1. The maximum atomic E-state index is 12.0. The van der Waals surface area contributed by atoms with E-state index in [9.17, 15) is 4.79 Å². The predicted octanol–water partition coefficient (Wildman–Crippen LogP) is 2.23. The van der Waals surface area contributed by atoms with E-state index in [1.807, 2.05) is 29.7 Å². The van der Waals surface area contributed by atoms with E-state index < -0.39 is 0 Å². The number of nitrogens with two attached hydrogens (primary N) is 1. The van der Waals surface area contributed by atoms with Gasteiger partial charge in [0.15, 0.2) is 0 Å². The van der Waals surface area contributed by atoms with Crippen LogP contribution in [-0.2, 0) is 17.9 Å². The monoisotopic (exact) mass is 259 g/mol. The molecule has 2 rings (SSSR count). The molecule has 0 bridgehead atoms. The highest BCUT2D eigenvalue weighted by molar-refractivity contribution is 5.89. The molecule has 100 valence electrons. The molecule has 5 nitrogen and oxygen atoms in total. The first-order chi connectivity index (χ1) is 9.20. The Hall–Kier alpha value is -2.30. The van der Waals surface area contributed by atoms with E-state index in [1.165, 1.54) is 0 Å². The first-order valence-electron chi connectivity index (χ1n) is 6.23. The van der Waals surface area contributed by atoms with Crippen molar-refractivity contribution in [1.82, 2.24) is 9.55 Å². The van der Waals surface area contributed by atoms with Crippen LogP contribution in [-0.4, -0.2) is 15.5 Å². The van der Waals surface area contributed by atoms with Gasteiger partial charge < -0.3 is 15.0 Å². The molecule has 2 N–H and O–H groups in total. The van der Waals surface area contributed by atoms with Gasteiger partial charge in [-0.3, -0.25) is 4.98 Å². The Morgan fingerprint density at radius 1 is 1.47 bits per heavy atom. The molecule has 0 aliphatic rings. The Kier molecular flexibility index (Phi) is 4.18. The minimum Gasteiger partial charge on any atom is -0.455 e. The molecule has 0 radical (unpaired) electrons. The van der Waals surface area contributed by atoms with Crippen molar-refractivity contribution in [2.75, 3.05) is 5.73 Å². The van der Waals surface area contributed by atoms with Gasteiger partial charge in [-0.2, -0.15) is 0 Å². The average Bonchev–Trinajstić information content (AvgIpc) is 2.79. The van der Waals surface area contributed by atoms with Crippen molar-refractivity contribution in [1.29, 1.82) is 0 Å². The quantitative estimate of drug-likeness (QED) is 0.836. The lowest BCUT2D eigenvalue weighted by molar-refractivity contribution is 0.0455. The first-order valence-corrected chi connectivity index (χ1v) is 6.23. The molecule has 0 amide bonds. The van der Waals surface area contributed by atoms with E-state index in [2.05, 4.69) is 4.98 Å². The lowest BCUT2D eigenvalue weighted by Gasteiger charge is -2.07. The molecule has 0 fully saturated rings. The highest BCUT2D eigenvalue weighted by atomic mass is 16.5. The number of ether oxygens (including phenoxy) is 1. The highest BCUT2D eigenvalue weighted by Gasteiger charge is 2.14. The largest absolute Gasteiger partial charge is 0.455 e. The van der Waals surface area contributed by atoms with Crippen molar-refractivity contribution in [2.24, 2.45) is 0 Å². The maximum Gasteiger partial charge on any atom is 0.355 e. The number of rotatable bonds is 5. The highest BCUT2D eigenvalue weighted by Crippen LogP contribution is 2.13. The first kappa shape index (κ1) is 13.1. The Bertz CT molecular complexity index is 549. The van der Waals surface area contributed by atoms with Gasteiger partial charge in [0.05, 0.1) is 11.4 Å². The van der Waals surface area contributed by atoms with Crippen LogP contribution in [0.4, 0.5) is 5.69 Å². The number of hydrogen-bond donors (Lipinski definition) is 1. The molecule has 0 aliphatic heterocycles. The summed E-state index contributed by atoms with van der Waals surface area (Å²) in [5.74, 6) is -0.379. The molecule has 0 saturated heterocycles. The summed E-state index contributed by atoms with van der Waals surface area (Å²) in [6.45, 7) is 2.95. The van der Waals surface area contributed by atoms with Gasteiger partial charge in [0.2, 0.25) is 0 Å². The van der Waals surface area contributed by atoms with Gasteiger partial charge in [-0.25, -0.2) is 4.79 Å². The Morgan fingerprint density at radius 3 is 3.00 bits per heavy atom. The third kappa shape index (κ3) is 3.34. The molecule has 0 unspecified atom stereocenters. The van der Waals surface area contributed by atoms with Crippen molar-refractivity contribution < 1.29 is 9.53 Å². The zero-order valence-corrected chi connectivity index (χ0v) is 10.9. The lowest BCUT2D eigenvalue weighted by atomic mass is 10.3. The number of esters is 1. The molecule has 2 aromatic rings. The van der Waals surface area contributed by atoms with Crippen LogP contribution in [0.15, 0.2) is 36.7 Å². The normalized spacial score (nSPS) is 10.4. The molecule has 19 heavy (non-hydrogen) atoms. The van der Waals surface area contributed by atoms with Crippen LogP contribution < -0.4 is 5.73 Å². The molecule has 0 saturated carbocycles. The Balaban J connectivity index is 2.03.